The summed E-state index contributed by atoms with van der Waals surface area (Å²) in [6, 6.07) is 5.01. The van der Waals surface area contributed by atoms with E-state index >= 15 is 0 Å². The number of aromatic nitrogens is 1. The van der Waals surface area contributed by atoms with Gasteiger partial charge in [-0.05, 0) is 33.2 Å². The van der Waals surface area contributed by atoms with Gasteiger partial charge in [0.05, 0.1) is 10.2 Å². The smallest absolute Gasteiger partial charge is 0.184 e. The first-order valence-electron chi connectivity index (χ1n) is 5.52. The number of benzene rings is 1. The van der Waals surface area contributed by atoms with E-state index in [9.17, 15) is 4.39 Å². The molecule has 0 radical (unpaired) electrons. The predicted octanol–water partition coefficient (Wildman–Crippen LogP) is 2.80. The van der Waals surface area contributed by atoms with Gasteiger partial charge in [0.2, 0.25) is 0 Å². The molecule has 0 spiro atoms. The van der Waals surface area contributed by atoms with Gasteiger partial charge in [0.25, 0.3) is 0 Å². The number of thiazole rings is 1. The highest BCUT2D eigenvalue weighted by Gasteiger charge is 2.08. The lowest BCUT2D eigenvalue weighted by atomic mass is 10.3. The van der Waals surface area contributed by atoms with Gasteiger partial charge in [-0.15, -0.1) is 0 Å². The highest BCUT2D eigenvalue weighted by molar-refractivity contribution is 7.22. The number of rotatable bonds is 4. The van der Waals surface area contributed by atoms with Gasteiger partial charge in [0.1, 0.15) is 5.82 Å². The summed E-state index contributed by atoms with van der Waals surface area (Å²) in [5.74, 6) is -0.240. The second-order valence-corrected chi connectivity index (χ2v) is 5.47. The Bertz CT molecular complexity index is 509. The zero-order valence-electron chi connectivity index (χ0n) is 10.2. The van der Waals surface area contributed by atoms with Gasteiger partial charge in [-0.25, -0.2) is 9.37 Å². The fraction of sp³-hybridized carbons (Fsp3) is 0.417. The Hall–Kier alpha value is -1.20. The Labute approximate surface area is 104 Å². The van der Waals surface area contributed by atoms with Crippen LogP contribution in [0.2, 0.25) is 0 Å². The van der Waals surface area contributed by atoms with Gasteiger partial charge in [0, 0.05) is 18.7 Å². The van der Waals surface area contributed by atoms with E-state index in [-0.39, 0.29) is 5.82 Å². The number of likely N-dealkylation sites (N-methyl/N-ethyl adjacent to an activating group) is 1. The van der Waals surface area contributed by atoms with Crippen LogP contribution in [-0.4, -0.2) is 36.6 Å². The molecule has 92 valence electrons. The molecule has 1 unspecified atom stereocenters. The number of hydrogen-bond acceptors (Lipinski definition) is 4. The van der Waals surface area contributed by atoms with E-state index in [1.165, 1.54) is 12.1 Å². The lowest BCUT2D eigenvalue weighted by molar-refractivity contribution is 0.392. The summed E-state index contributed by atoms with van der Waals surface area (Å²) < 4.78 is 14.0. The third kappa shape index (κ3) is 3.14. The largest absolute Gasteiger partial charge is 0.358 e. The Morgan fingerprint density at radius 2 is 2.24 bits per heavy atom. The van der Waals surface area contributed by atoms with Gasteiger partial charge in [-0.3, -0.25) is 0 Å². The second-order valence-electron chi connectivity index (χ2n) is 4.44. The van der Waals surface area contributed by atoms with E-state index in [2.05, 4.69) is 22.1 Å². The zero-order chi connectivity index (χ0) is 12.4. The molecule has 0 bridgehead atoms. The molecule has 0 fully saturated rings. The highest BCUT2D eigenvalue weighted by atomic mass is 32.1. The number of hydrogen-bond donors (Lipinski definition) is 1. The molecule has 2 aromatic rings. The average molecular weight is 253 g/mol. The van der Waals surface area contributed by atoms with Crippen LogP contribution in [-0.2, 0) is 0 Å². The average Bonchev–Trinajstić information content (AvgIpc) is 2.57. The molecule has 0 aliphatic heterocycles. The minimum Gasteiger partial charge on any atom is -0.358 e. The Morgan fingerprint density at radius 1 is 1.47 bits per heavy atom. The van der Waals surface area contributed by atoms with Crippen molar-refractivity contribution in [2.75, 3.05) is 26.0 Å². The first-order chi connectivity index (χ1) is 8.04. The fourth-order valence-electron chi connectivity index (χ4n) is 1.77. The third-order valence-corrected chi connectivity index (χ3v) is 3.33. The molecule has 3 nitrogen and oxygen atoms in total. The molecule has 0 amide bonds. The summed E-state index contributed by atoms with van der Waals surface area (Å²) in [6.45, 7) is 3.04. The number of anilines is 1. The standard InChI is InChI=1S/C12H16FN3S/c1-8(7-16(2)3)14-12-15-10-6-9(13)4-5-11(10)17-12/h4-6,8H,7H2,1-3H3,(H,14,15). The zero-order valence-corrected chi connectivity index (χ0v) is 11.0. The predicted molar refractivity (Wildman–Crippen MR) is 71.2 cm³/mol. The number of nitrogens with zero attached hydrogens (tertiary/aromatic N) is 2. The van der Waals surface area contributed by atoms with E-state index in [1.54, 1.807) is 17.4 Å². The maximum absolute atomic E-state index is 13.0. The number of nitrogens with one attached hydrogen (secondary N) is 1. The van der Waals surface area contributed by atoms with Crippen LogP contribution in [0.5, 0.6) is 0 Å². The molecular formula is C12H16FN3S. The first-order valence-corrected chi connectivity index (χ1v) is 6.33. The molecule has 1 N–H and O–H groups in total. The monoisotopic (exact) mass is 253 g/mol. The summed E-state index contributed by atoms with van der Waals surface area (Å²) >= 11 is 1.55. The van der Waals surface area contributed by atoms with Crippen molar-refractivity contribution < 1.29 is 4.39 Å². The van der Waals surface area contributed by atoms with Gasteiger partial charge in [-0.2, -0.15) is 0 Å². The maximum Gasteiger partial charge on any atom is 0.184 e. The van der Waals surface area contributed by atoms with Crippen molar-refractivity contribution >= 4 is 26.7 Å². The van der Waals surface area contributed by atoms with Gasteiger partial charge < -0.3 is 10.2 Å². The van der Waals surface area contributed by atoms with Crippen LogP contribution in [0.4, 0.5) is 9.52 Å². The Morgan fingerprint density at radius 3 is 2.94 bits per heavy atom. The summed E-state index contributed by atoms with van der Waals surface area (Å²) in [7, 11) is 4.07. The second kappa shape index (κ2) is 4.98. The van der Waals surface area contributed by atoms with Crippen LogP contribution >= 0.6 is 11.3 Å². The Balaban J connectivity index is 2.14. The fourth-order valence-corrected chi connectivity index (χ4v) is 2.72. The van der Waals surface area contributed by atoms with E-state index in [4.69, 9.17) is 0 Å². The van der Waals surface area contributed by atoms with Crippen molar-refractivity contribution in [1.29, 1.82) is 0 Å². The van der Waals surface area contributed by atoms with Crippen molar-refractivity contribution in [3.05, 3.63) is 24.0 Å². The quantitative estimate of drug-likeness (QED) is 0.908. The van der Waals surface area contributed by atoms with E-state index in [0.717, 1.165) is 21.9 Å². The molecule has 5 heteroatoms. The molecule has 0 saturated carbocycles. The lowest BCUT2D eigenvalue weighted by Gasteiger charge is -2.17. The van der Waals surface area contributed by atoms with Crippen LogP contribution in [0.25, 0.3) is 10.2 Å². The van der Waals surface area contributed by atoms with E-state index in [1.807, 2.05) is 14.1 Å². The molecule has 2 rings (SSSR count). The molecule has 1 aromatic carbocycles. The third-order valence-electron chi connectivity index (χ3n) is 2.36. The molecule has 1 atom stereocenters. The SMILES string of the molecule is CC(CN(C)C)Nc1nc2cc(F)ccc2s1. The van der Waals surface area contributed by atoms with Crippen LogP contribution in [0.15, 0.2) is 18.2 Å². The number of halogens is 1. The van der Waals surface area contributed by atoms with E-state index in [0.29, 0.717) is 6.04 Å². The van der Waals surface area contributed by atoms with Crippen molar-refractivity contribution in [2.45, 2.75) is 13.0 Å². The molecule has 0 aliphatic carbocycles. The van der Waals surface area contributed by atoms with Crippen molar-refractivity contribution in [1.82, 2.24) is 9.88 Å². The minimum atomic E-state index is -0.240. The normalized spacial score (nSPS) is 13.2. The van der Waals surface area contributed by atoms with E-state index < -0.39 is 0 Å². The molecule has 0 saturated heterocycles. The molecular weight excluding hydrogens is 237 g/mol. The maximum atomic E-state index is 13.0. The first kappa shape index (κ1) is 12.3. The Kier molecular flexibility index (Phi) is 3.59. The summed E-state index contributed by atoms with van der Waals surface area (Å²) in [5, 5.41) is 4.17. The molecule has 1 heterocycles. The van der Waals surface area contributed by atoms with Crippen molar-refractivity contribution in [2.24, 2.45) is 0 Å². The van der Waals surface area contributed by atoms with Crippen LogP contribution < -0.4 is 5.32 Å². The van der Waals surface area contributed by atoms with Crippen LogP contribution in [0.1, 0.15) is 6.92 Å². The minimum absolute atomic E-state index is 0.240. The summed E-state index contributed by atoms with van der Waals surface area (Å²) in [6.07, 6.45) is 0. The van der Waals surface area contributed by atoms with Crippen LogP contribution in [0, 0.1) is 5.82 Å². The lowest BCUT2D eigenvalue weighted by Crippen LogP contribution is -2.29. The van der Waals surface area contributed by atoms with Gasteiger partial charge >= 0.3 is 0 Å². The van der Waals surface area contributed by atoms with Crippen molar-refractivity contribution in [3.63, 3.8) is 0 Å². The topological polar surface area (TPSA) is 28.2 Å². The molecule has 1 aromatic heterocycles. The van der Waals surface area contributed by atoms with Crippen molar-refractivity contribution in [3.8, 4) is 0 Å². The van der Waals surface area contributed by atoms with Gasteiger partial charge in [-0.1, -0.05) is 11.3 Å². The molecule has 17 heavy (non-hydrogen) atoms. The highest BCUT2D eigenvalue weighted by Crippen LogP contribution is 2.26. The van der Waals surface area contributed by atoms with Gasteiger partial charge in [0.15, 0.2) is 5.13 Å². The molecule has 0 aliphatic rings. The number of fused-ring (bicyclic) bond motifs is 1. The summed E-state index contributed by atoms with van der Waals surface area (Å²) in [4.78, 5) is 6.49. The van der Waals surface area contributed by atoms with Crippen LogP contribution in [0.3, 0.4) is 0 Å². The summed E-state index contributed by atoms with van der Waals surface area (Å²) in [5.41, 5.74) is 0.717.